The first kappa shape index (κ1) is 22.6. The number of fused-ring (bicyclic) bond motifs is 1. The summed E-state index contributed by atoms with van der Waals surface area (Å²) in [7, 11) is 0. The van der Waals surface area contributed by atoms with Crippen molar-refractivity contribution >= 4 is 28.7 Å². The van der Waals surface area contributed by atoms with Crippen molar-refractivity contribution in [2.75, 3.05) is 13.1 Å². The van der Waals surface area contributed by atoms with Gasteiger partial charge in [0.2, 0.25) is 0 Å². The highest BCUT2D eigenvalue weighted by Gasteiger charge is 2.18. The molecule has 2 aromatic carbocycles. The molecule has 0 saturated carbocycles. The van der Waals surface area contributed by atoms with Crippen molar-refractivity contribution in [1.29, 1.82) is 0 Å². The molecule has 34 heavy (non-hydrogen) atoms. The van der Waals surface area contributed by atoms with E-state index in [1.54, 1.807) is 18.3 Å². The molecule has 0 spiro atoms. The zero-order chi connectivity index (χ0) is 23.3. The molecular weight excluding hydrogens is 447 g/mol. The lowest BCUT2D eigenvalue weighted by molar-refractivity contribution is 0.0761. The van der Waals surface area contributed by atoms with E-state index in [2.05, 4.69) is 9.55 Å². The molecule has 0 aliphatic carbocycles. The quantitative estimate of drug-likeness (QED) is 0.325. The van der Waals surface area contributed by atoms with Gasteiger partial charge in [0.1, 0.15) is 5.82 Å². The van der Waals surface area contributed by atoms with E-state index in [9.17, 15) is 9.18 Å². The van der Waals surface area contributed by atoms with Gasteiger partial charge in [-0.3, -0.25) is 9.78 Å². The Morgan fingerprint density at radius 1 is 0.971 bits per heavy atom. The summed E-state index contributed by atoms with van der Waals surface area (Å²) in [5.74, 6) is 0.406. The minimum absolute atomic E-state index is 0.117. The fourth-order valence-electron chi connectivity index (χ4n) is 4.36. The molecule has 7 heteroatoms. The molecule has 0 radical (unpaired) electrons. The van der Waals surface area contributed by atoms with E-state index >= 15 is 0 Å². The Hall–Kier alpha value is -3.19. The van der Waals surface area contributed by atoms with Gasteiger partial charge in [-0.25, -0.2) is 9.37 Å². The highest BCUT2D eigenvalue weighted by Crippen LogP contribution is 2.28. The second kappa shape index (κ2) is 10.4. The molecule has 1 amide bonds. The third-order valence-electron chi connectivity index (χ3n) is 6.26. The monoisotopic (exact) mass is 474 g/mol. The van der Waals surface area contributed by atoms with Crippen LogP contribution in [0.2, 0.25) is 0 Å². The number of benzene rings is 2. The van der Waals surface area contributed by atoms with Crippen LogP contribution in [-0.2, 0) is 12.3 Å². The maximum Gasteiger partial charge on any atom is 0.253 e. The average molecular weight is 475 g/mol. The summed E-state index contributed by atoms with van der Waals surface area (Å²) in [4.78, 5) is 24.0. The lowest BCUT2D eigenvalue weighted by Gasteiger charge is -2.20. The van der Waals surface area contributed by atoms with E-state index in [0.29, 0.717) is 17.9 Å². The van der Waals surface area contributed by atoms with E-state index in [1.807, 2.05) is 47.5 Å². The molecule has 3 heterocycles. The molecule has 1 aliphatic heterocycles. The minimum atomic E-state index is -0.205. The van der Waals surface area contributed by atoms with E-state index in [1.165, 1.54) is 30.7 Å². The largest absolute Gasteiger partial charge is 0.339 e. The summed E-state index contributed by atoms with van der Waals surface area (Å²) in [5.41, 5.74) is 4.25. The number of carbonyl (C=O) groups is 1. The number of likely N-dealkylation sites (tertiary alicyclic amines) is 1. The number of thioether (sulfide) groups is 1. The van der Waals surface area contributed by atoms with Crippen LogP contribution in [0.4, 0.5) is 4.39 Å². The molecule has 174 valence electrons. The summed E-state index contributed by atoms with van der Waals surface area (Å²) in [6.45, 7) is 2.29. The number of pyridine rings is 1. The fraction of sp³-hybridized carbons (Fsp3) is 0.296. The number of hydrogen-bond acceptors (Lipinski definition) is 4. The molecule has 0 atom stereocenters. The Balaban J connectivity index is 1.36. The summed E-state index contributed by atoms with van der Waals surface area (Å²) < 4.78 is 16.2. The van der Waals surface area contributed by atoms with Gasteiger partial charge in [-0.2, -0.15) is 0 Å². The molecule has 1 aliphatic rings. The predicted molar refractivity (Wildman–Crippen MR) is 133 cm³/mol. The van der Waals surface area contributed by atoms with E-state index in [0.717, 1.165) is 53.2 Å². The Bertz CT molecular complexity index is 1280. The molecule has 5 rings (SSSR count). The van der Waals surface area contributed by atoms with Crippen LogP contribution in [0.15, 0.2) is 72.1 Å². The van der Waals surface area contributed by atoms with Crippen LogP contribution in [0.5, 0.6) is 0 Å². The Kier molecular flexibility index (Phi) is 6.90. The first-order valence-corrected chi connectivity index (χ1v) is 12.7. The van der Waals surface area contributed by atoms with Gasteiger partial charge in [0.05, 0.1) is 23.8 Å². The number of nitrogens with zero attached hydrogens (tertiary/aromatic N) is 4. The number of hydrogen-bond donors (Lipinski definition) is 0. The molecule has 1 fully saturated rings. The standard InChI is InChI=1S/C27H27FN4OS/c28-23-8-4-3-7-22(23)19-34-27-30-24-13-14-29-17-25(24)32(27)18-20-9-11-21(12-10-20)26(33)31-15-5-1-2-6-16-31/h3-4,7-14,17H,1-2,5-6,15-16,18-19H2. The summed E-state index contributed by atoms with van der Waals surface area (Å²) in [6, 6.07) is 16.6. The van der Waals surface area contributed by atoms with Gasteiger partial charge in [-0.05, 0) is 48.2 Å². The van der Waals surface area contributed by atoms with Gasteiger partial charge >= 0.3 is 0 Å². The SMILES string of the molecule is O=C(c1ccc(Cn2c(SCc3ccccc3F)nc3ccncc32)cc1)N1CCCCCC1. The molecule has 2 aromatic heterocycles. The first-order chi connectivity index (χ1) is 16.7. The minimum Gasteiger partial charge on any atom is -0.339 e. The maximum absolute atomic E-state index is 14.1. The summed E-state index contributed by atoms with van der Waals surface area (Å²) in [5, 5.41) is 0.816. The van der Waals surface area contributed by atoms with Gasteiger partial charge in [0.15, 0.2) is 5.16 Å². The van der Waals surface area contributed by atoms with Crippen molar-refractivity contribution < 1.29 is 9.18 Å². The van der Waals surface area contributed by atoms with Crippen LogP contribution >= 0.6 is 11.8 Å². The predicted octanol–water partition coefficient (Wildman–Crippen LogP) is 5.93. The third kappa shape index (κ3) is 4.99. The van der Waals surface area contributed by atoms with Crippen LogP contribution < -0.4 is 0 Å². The van der Waals surface area contributed by atoms with Crippen molar-refractivity contribution in [3.05, 3.63) is 89.5 Å². The molecular formula is C27H27FN4OS. The van der Waals surface area contributed by atoms with Crippen molar-refractivity contribution in [3.8, 4) is 0 Å². The normalized spacial score (nSPS) is 14.3. The van der Waals surface area contributed by atoms with Crippen molar-refractivity contribution in [2.24, 2.45) is 0 Å². The van der Waals surface area contributed by atoms with Gasteiger partial charge in [-0.15, -0.1) is 0 Å². The lowest BCUT2D eigenvalue weighted by atomic mass is 10.1. The summed E-state index contributed by atoms with van der Waals surface area (Å²) in [6.07, 6.45) is 8.11. The van der Waals surface area contributed by atoms with Gasteiger partial charge in [0.25, 0.3) is 5.91 Å². The van der Waals surface area contributed by atoms with Crippen LogP contribution in [0.25, 0.3) is 11.0 Å². The van der Waals surface area contributed by atoms with E-state index in [-0.39, 0.29) is 11.7 Å². The fourth-order valence-corrected chi connectivity index (χ4v) is 5.36. The zero-order valence-electron chi connectivity index (χ0n) is 19.0. The topological polar surface area (TPSA) is 51.0 Å². The maximum atomic E-state index is 14.1. The second-order valence-corrected chi connectivity index (χ2v) is 9.57. The van der Waals surface area contributed by atoms with Crippen LogP contribution in [-0.4, -0.2) is 38.4 Å². The van der Waals surface area contributed by atoms with Crippen LogP contribution in [0.3, 0.4) is 0 Å². The van der Waals surface area contributed by atoms with Crippen LogP contribution in [0, 0.1) is 5.82 Å². The number of aromatic nitrogens is 3. The second-order valence-electron chi connectivity index (χ2n) is 8.63. The Morgan fingerprint density at radius 2 is 1.74 bits per heavy atom. The number of amides is 1. The molecule has 5 nitrogen and oxygen atoms in total. The lowest BCUT2D eigenvalue weighted by Crippen LogP contribution is -2.31. The first-order valence-electron chi connectivity index (χ1n) is 11.7. The molecule has 0 N–H and O–H groups in total. The smallest absolute Gasteiger partial charge is 0.253 e. The van der Waals surface area contributed by atoms with E-state index in [4.69, 9.17) is 4.98 Å². The van der Waals surface area contributed by atoms with Crippen molar-refractivity contribution in [2.45, 2.75) is 43.1 Å². The molecule has 4 aromatic rings. The highest BCUT2D eigenvalue weighted by atomic mass is 32.2. The summed E-state index contributed by atoms with van der Waals surface area (Å²) >= 11 is 1.51. The number of rotatable bonds is 6. The van der Waals surface area contributed by atoms with Gasteiger partial charge in [-0.1, -0.05) is 54.9 Å². The Labute approximate surface area is 203 Å². The van der Waals surface area contributed by atoms with E-state index < -0.39 is 0 Å². The Morgan fingerprint density at radius 3 is 2.50 bits per heavy atom. The van der Waals surface area contributed by atoms with Crippen LogP contribution in [0.1, 0.15) is 47.2 Å². The van der Waals surface area contributed by atoms with Gasteiger partial charge < -0.3 is 9.47 Å². The highest BCUT2D eigenvalue weighted by molar-refractivity contribution is 7.98. The molecule has 0 bridgehead atoms. The average Bonchev–Trinajstić information content (AvgIpc) is 3.02. The number of carbonyl (C=O) groups excluding carboxylic acids is 1. The molecule has 0 unspecified atom stereocenters. The number of imidazole rings is 1. The van der Waals surface area contributed by atoms with Crippen molar-refractivity contribution in [1.82, 2.24) is 19.4 Å². The van der Waals surface area contributed by atoms with Crippen molar-refractivity contribution in [3.63, 3.8) is 0 Å². The number of halogens is 1. The molecule has 1 saturated heterocycles. The van der Waals surface area contributed by atoms with Gasteiger partial charge in [0, 0.05) is 30.6 Å². The zero-order valence-corrected chi connectivity index (χ0v) is 19.8. The third-order valence-corrected chi connectivity index (χ3v) is 7.29.